The summed E-state index contributed by atoms with van der Waals surface area (Å²) in [5.41, 5.74) is 0.645. The number of carbonyl (C=O) groups excluding carboxylic acids is 2. The van der Waals surface area contributed by atoms with Crippen molar-refractivity contribution in [3.63, 3.8) is 0 Å². The lowest BCUT2D eigenvalue weighted by Crippen LogP contribution is -2.43. The van der Waals surface area contributed by atoms with Crippen LogP contribution in [0.5, 0.6) is 11.5 Å². The molecule has 0 atom stereocenters. The lowest BCUT2D eigenvalue weighted by molar-refractivity contribution is -0.136. The number of nitrogens with one attached hydrogen (secondary N) is 1. The van der Waals surface area contributed by atoms with Crippen LogP contribution >= 0.6 is 23.2 Å². The summed E-state index contributed by atoms with van der Waals surface area (Å²) in [6, 6.07) is 12.1. The standard InChI is InChI=1S/C21H22Cl2N2O4/c1-28-19-5-3-2-4-17(19)24-21(27)14-8-10-25(11-9-14)20(26)13-29-18-7-6-15(22)12-16(18)23/h2-7,12,14H,8-11,13H2,1H3,(H,24,27). The first-order valence-corrected chi connectivity index (χ1v) is 10.0. The highest BCUT2D eigenvalue weighted by atomic mass is 35.5. The molecule has 2 amide bonds. The summed E-state index contributed by atoms with van der Waals surface area (Å²) in [4.78, 5) is 26.7. The van der Waals surface area contributed by atoms with Crippen molar-refractivity contribution in [2.24, 2.45) is 5.92 Å². The molecule has 2 aromatic rings. The largest absolute Gasteiger partial charge is 0.495 e. The van der Waals surface area contributed by atoms with Gasteiger partial charge in [-0.2, -0.15) is 0 Å². The van der Waals surface area contributed by atoms with Gasteiger partial charge in [-0.1, -0.05) is 35.3 Å². The van der Waals surface area contributed by atoms with Gasteiger partial charge in [0.05, 0.1) is 17.8 Å². The fraction of sp³-hybridized carbons (Fsp3) is 0.333. The smallest absolute Gasteiger partial charge is 0.260 e. The van der Waals surface area contributed by atoms with Crippen LogP contribution in [0, 0.1) is 5.92 Å². The molecule has 1 saturated heterocycles. The van der Waals surface area contributed by atoms with Crippen molar-refractivity contribution < 1.29 is 19.1 Å². The van der Waals surface area contributed by atoms with E-state index in [-0.39, 0.29) is 24.3 Å². The second kappa shape index (κ2) is 9.85. The number of hydrogen-bond acceptors (Lipinski definition) is 4. The van der Waals surface area contributed by atoms with Crippen molar-refractivity contribution in [3.8, 4) is 11.5 Å². The van der Waals surface area contributed by atoms with Crippen molar-refractivity contribution in [1.29, 1.82) is 0 Å². The Bertz CT molecular complexity index is 883. The van der Waals surface area contributed by atoms with Gasteiger partial charge < -0.3 is 19.7 Å². The third-order valence-electron chi connectivity index (χ3n) is 4.83. The van der Waals surface area contributed by atoms with Crippen LogP contribution in [0.4, 0.5) is 5.69 Å². The summed E-state index contributed by atoms with van der Waals surface area (Å²) in [6.07, 6.45) is 1.18. The Morgan fingerprint density at radius 2 is 1.83 bits per heavy atom. The zero-order valence-electron chi connectivity index (χ0n) is 16.0. The summed E-state index contributed by atoms with van der Waals surface area (Å²) in [6.45, 7) is 0.889. The number of likely N-dealkylation sites (tertiary alicyclic amines) is 1. The SMILES string of the molecule is COc1ccccc1NC(=O)C1CCN(C(=O)COc2ccc(Cl)cc2Cl)CC1. The first-order chi connectivity index (χ1) is 14.0. The zero-order valence-corrected chi connectivity index (χ0v) is 17.5. The Balaban J connectivity index is 1.48. The maximum atomic E-state index is 12.6. The van der Waals surface area contributed by atoms with Gasteiger partial charge in [-0.25, -0.2) is 0 Å². The molecule has 1 fully saturated rings. The molecular formula is C21H22Cl2N2O4. The molecule has 0 bridgehead atoms. The van der Waals surface area contributed by atoms with Crippen molar-refractivity contribution in [2.75, 3.05) is 32.1 Å². The third-order valence-corrected chi connectivity index (χ3v) is 5.36. The zero-order chi connectivity index (χ0) is 20.8. The number of halogens is 2. The van der Waals surface area contributed by atoms with E-state index in [4.69, 9.17) is 32.7 Å². The number of hydrogen-bond donors (Lipinski definition) is 1. The fourth-order valence-electron chi connectivity index (χ4n) is 3.20. The molecular weight excluding hydrogens is 415 g/mol. The number of para-hydroxylation sites is 2. The number of nitrogens with zero attached hydrogens (tertiary/aromatic N) is 1. The number of carbonyl (C=O) groups is 2. The molecule has 0 saturated carbocycles. The molecule has 0 aromatic heterocycles. The first-order valence-electron chi connectivity index (χ1n) is 9.27. The van der Waals surface area contributed by atoms with Crippen LogP contribution in [0.2, 0.25) is 10.0 Å². The molecule has 6 nitrogen and oxygen atoms in total. The molecule has 1 aliphatic rings. The van der Waals surface area contributed by atoms with Crippen LogP contribution < -0.4 is 14.8 Å². The van der Waals surface area contributed by atoms with E-state index in [1.54, 1.807) is 42.3 Å². The average molecular weight is 437 g/mol. The summed E-state index contributed by atoms with van der Waals surface area (Å²) >= 11 is 11.9. The van der Waals surface area contributed by atoms with E-state index in [9.17, 15) is 9.59 Å². The van der Waals surface area contributed by atoms with Crippen LogP contribution in [0.1, 0.15) is 12.8 Å². The van der Waals surface area contributed by atoms with Gasteiger partial charge in [0.2, 0.25) is 5.91 Å². The Hall–Kier alpha value is -2.44. The number of rotatable bonds is 6. The topological polar surface area (TPSA) is 67.9 Å². The van der Waals surface area contributed by atoms with E-state index < -0.39 is 0 Å². The normalized spacial score (nSPS) is 14.4. The molecule has 1 aliphatic heterocycles. The molecule has 1 heterocycles. The maximum Gasteiger partial charge on any atom is 0.260 e. The molecule has 8 heteroatoms. The van der Waals surface area contributed by atoms with Crippen LogP contribution in [0.15, 0.2) is 42.5 Å². The average Bonchev–Trinajstić information content (AvgIpc) is 2.73. The van der Waals surface area contributed by atoms with Crippen molar-refractivity contribution in [3.05, 3.63) is 52.5 Å². The van der Waals surface area contributed by atoms with Gasteiger partial charge in [-0.15, -0.1) is 0 Å². The number of methoxy groups -OCH3 is 1. The molecule has 0 unspecified atom stereocenters. The number of anilines is 1. The Kier molecular flexibility index (Phi) is 7.23. The summed E-state index contributed by atoms with van der Waals surface area (Å²) in [7, 11) is 1.56. The lowest BCUT2D eigenvalue weighted by atomic mass is 9.95. The predicted octanol–water partition coefficient (Wildman–Crippen LogP) is 4.26. The molecule has 29 heavy (non-hydrogen) atoms. The van der Waals surface area contributed by atoms with E-state index >= 15 is 0 Å². The minimum atomic E-state index is -0.157. The van der Waals surface area contributed by atoms with Crippen LogP contribution in [-0.2, 0) is 9.59 Å². The molecule has 2 aromatic carbocycles. The summed E-state index contributed by atoms with van der Waals surface area (Å²) in [5.74, 6) is 0.669. The van der Waals surface area contributed by atoms with Gasteiger partial charge in [0.15, 0.2) is 6.61 Å². The number of ether oxygens (including phenoxy) is 2. The van der Waals surface area contributed by atoms with Crippen LogP contribution in [-0.4, -0.2) is 43.5 Å². The monoisotopic (exact) mass is 436 g/mol. The van der Waals surface area contributed by atoms with E-state index in [1.807, 2.05) is 12.1 Å². The van der Waals surface area contributed by atoms with Crippen LogP contribution in [0.3, 0.4) is 0 Å². The van der Waals surface area contributed by atoms with Gasteiger partial charge in [-0.05, 0) is 43.2 Å². The number of piperidine rings is 1. The van der Waals surface area contributed by atoms with Gasteiger partial charge >= 0.3 is 0 Å². The second-order valence-electron chi connectivity index (χ2n) is 6.71. The Morgan fingerprint density at radius 3 is 2.52 bits per heavy atom. The molecule has 0 aliphatic carbocycles. The third kappa shape index (κ3) is 5.55. The Labute approximate surface area is 179 Å². The lowest BCUT2D eigenvalue weighted by Gasteiger charge is -2.31. The number of amides is 2. The minimum Gasteiger partial charge on any atom is -0.495 e. The first kappa shape index (κ1) is 21.3. The molecule has 0 radical (unpaired) electrons. The predicted molar refractivity (Wildman–Crippen MR) is 113 cm³/mol. The highest BCUT2D eigenvalue weighted by Gasteiger charge is 2.28. The highest BCUT2D eigenvalue weighted by Crippen LogP contribution is 2.28. The van der Waals surface area contributed by atoms with E-state index in [2.05, 4.69) is 5.32 Å². The summed E-state index contributed by atoms with van der Waals surface area (Å²) in [5, 5.41) is 3.78. The van der Waals surface area contributed by atoms with Crippen LogP contribution in [0.25, 0.3) is 0 Å². The van der Waals surface area contributed by atoms with Gasteiger partial charge in [0, 0.05) is 24.0 Å². The Morgan fingerprint density at radius 1 is 1.10 bits per heavy atom. The molecule has 154 valence electrons. The van der Waals surface area contributed by atoms with Gasteiger partial charge in [0.1, 0.15) is 11.5 Å². The van der Waals surface area contributed by atoms with E-state index in [0.29, 0.717) is 53.2 Å². The van der Waals surface area contributed by atoms with Crippen molar-refractivity contribution >= 4 is 40.7 Å². The minimum absolute atomic E-state index is 0.0641. The van der Waals surface area contributed by atoms with E-state index in [0.717, 1.165) is 0 Å². The van der Waals surface area contributed by atoms with Gasteiger partial charge in [0.25, 0.3) is 5.91 Å². The second-order valence-corrected chi connectivity index (χ2v) is 7.55. The van der Waals surface area contributed by atoms with Gasteiger partial charge in [-0.3, -0.25) is 9.59 Å². The molecule has 0 spiro atoms. The highest BCUT2D eigenvalue weighted by molar-refractivity contribution is 6.35. The van der Waals surface area contributed by atoms with Crippen molar-refractivity contribution in [1.82, 2.24) is 4.90 Å². The maximum absolute atomic E-state index is 12.6. The quantitative estimate of drug-likeness (QED) is 0.734. The summed E-state index contributed by atoms with van der Waals surface area (Å²) < 4.78 is 10.8. The van der Waals surface area contributed by atoms with Crippen molar-refractivity contribution in [2.45, 2.75) is 12.8 Å². The molecule has 1 N–H and O–H groups in total. The molecule has 3 rings (SSSR count). The van der Waals surface area contributed by atoms with E-state index in [1.165, 1.54) is 0 Å². The fourth-order valence-corrected chi connectivity index (χ4v) is 3.66. The number of benzene rings is 2.